The van der Waals surface area contributed by atoms with Crippen LogP contribution in [0.1, 0.15) is 27.2 Å². The summed E-state index contributed by atoms with van der Waals surface area (Å²) in [4.78, 5) is 1.58. The van der Waals surface area contributed by atoms with Crippen LogP contribution < -0.4 is 0 Å². The fourth-order valence-corrected chi connectivity index (χ4v) is 0.946. The molecule has 0 spiro atoms. The SMILES string of the molecule is C=C(CC)CN(C(C)O)C(C)O. The van der Waals surface area contributed by atoms with Gasteiger partial charge in [-0.2, -0.15) is 0 Å². The van der Waals surface area contributed by atoms with Gasteiger partial charge in [-0.3, -0.25) is 0 Å². The molecule has 0 radical (unpaired) electrons. The molecular weight excluding hydrogens is 154 g/mol. The lowest BCUT2D eigenvalue weighted by Gasteiger charge is -2.28. The molecular formula is C9H19NO2. The summed E-state index contributed by atoms with van der Waals surface area (Å²) >= 11 is 0. The van der Waals surface area contributed by atoms with E-state index in [1.807, 2.05) is 6.92 Å². The molecule has 0 aromatic carbocycles. The van der Waals surface area contributed by atoms with Crippen molar-refractivity contribution in [1.82, 2.24) is 4.90 Å². The lowest BCUT2D eigenvalue weighted by atomic mass is 10.2. The van der Waals surface area contributed by atoms with E-state index >= 15 is 0 Å². The summed E-state index contributed by atoms with van der Waals surface area (Å²) in [7, 11) is 0. The molecule has 0 aliphatic heterocycles. The van der Waals surface area contributed by atoms with Crippen LogP contribution in [0.25, 0.3) is 0 Å². The second-order valence-electron chi connectivity index (χ2n) is 3.04. The zero-order valence-corrected chi connectivity index (χ0v) is 8.12. The largest absolute Gasteiger partial charge is 0.379 e. The van der Waals surface area contributed by atoms with E-state index in [1.165, 1.54) is 0 Å². The van der Waals surface area contributed by atoms with Gasteiger partial charge >= 0.3 is 0 Å². The van der Waals surface area contributed by atoms with E-state index in [1.54, 1.807) is 18.7 Å². The second-order valence-corrected chi connectivity index (χ2v) is 3.04. The van der Waals surface area contributed by atoms with Gasteiger partial charge in [-0.25, -0.2) is 4.90 Å². The first-order chi connectivity index (χ1) is 5.49. The predicted octanol–water partition coefficient (Wildman–Crippen LogP) is 0.931. The molecule has 2 atom stereocenters. The Labute approximate surface area is 74.3 Å². The third-order valence-corrected chi connectivity index (χ3v) is 1.87. The smallest absolute Gasteiger partial charge is 0.106 e. The molecule has 2 N–H and O–H groups in total. The van der Waals surface area contributed by atoms with Crippen molar-refractivity contribution in [2.45, 2.75) is 39.6 Å². The Hall–Kier alpha value is -0.380. The molecule has 3 nitrogen and oxygen atoms in total. The summed E-state index contributed by atoms with van der Waals surface area (Å²) in [6.07, 6.45) is -0.391. The minimum Gasteiger partial charge on any atom is -0.379 e. The van der Waals surface area contributed by atoms with Crippen LogP contribution in [-0.2, 0) is 0 Å². The van der Waals surface area contributed by atoms with Crippen molar-refractivity contribution in [3.05, 3.63) is 12.2 Å². The highest BCUT2D eigenvalue weighted by Crippen LogP contribution is 2.06. The standard InChI is InChI=1S/C9H19NO2/c1-5-7(2)6-10(8(3)11)9(4)12/h8-9,11-12H,2,5-6H2,1,3-4H3. The van der Waals surface area contributed by atoms with Crippen LogP contribution in [0, 0.1) is 0 Å². The maximum atomic E-state index is 9.25. The van der Waals surface area contributed by atoms with E-state index < -0.39 is 12.5 Å². The first-order valence-corrected chi connectivity index (χ1v) is 4.27. The third-order valence-electron chi connectivity index (χ3n) is 1.87. The lowest BCUT2D eigenvalue weighted by molar-refractivity contribution is -0.0784. The van der Waals surface area contributed by atoms with Gasteiger partial charge in [0.1, 0.15) is 12.5 Å². The Kier molecular flexibility index (Phi) is 5.13. The first-order valence-electron chi connectivity index (χ1n) is 4.27. The molecule has 3 heteroatoms. The summed E-state index contributed by atoms with van der Waals surface area (Å²) in [6.45, 7) is 9.64. The lowest BCUT2D eigenvalue weighted by Crippen LogP contribution is -2.41. The minimum absolute atomic E-state index is 0.547. The van der Waals surface area contributed by atoms with Gasteiger partial charge in [-0.15, -0.1) is 0 Å². The molecule has 0 bridgehead atoms. The fourth-order valence-electron chi connectivity index (χ4n) is 0.946. The van der Waals surface area contributed by atoms with Crippen molar-refractivity contribution < 1.29 is 10.2 Å². The van der Waals surface area contributed by atoms with Crippen molar-refractivity contribution in [3.8, 4) is 0 Å². The fraction of sp³-hybridized carbons (Fsp3) is 0.778. The van der Waals surface area contributed by atoms with Gasteiger partial charge in [0.25, 0.3) is 0 Å². The highest BCUT2D eigenvalue weighted by Gasteiger charge is 2.15. The van der Waals surface area contributed by atoms with Crippen molar-refractivity contribution in [3.63, 3.8) is 0 Å². The van der Waals surface area contributed by atoms with Crippen LogP contribution >= 0.6 is 0 Å². The molecule has 12 heavy (non-hydrogen) atoms. The van der Waals surface area contributed by atoms with Crippen LogP contribution in [0.4, 0.5) is 0 Å². The summed E-state index contributed by atoms with van der Waals surface area (Å²) < 4.78 is 0. The zero-order valence-electron chi connectivity index (χ0n) is 8.12. The number of rotatable bonds is 5. The number of aliphatic hydroxyl groups is 2. The maximum absolute atomic E-state index is 9.25. The van der Waals surface area contributed by atoms with Crippen molar-refractivity contribution in [2.24, 2.45) is 0 Å². The Balaban J connectivity index is 4.05. The van der Waals surface area contributed by atoms with E-state index in [-0.39, 0.29) is 0 Å². The molecule has 0 saturated heterocycles. The van der Waals surface area contributed by atoms with Gasteiger partial charge in [0.2, 0.25) is 0 Å². The molecule has 2 unspecified atom stereocenters. The first kappa shape index (κ1) is 11.6. The van der Waals surface area contributed by atoms with E-state index in [2.05, 4.69) is 6.58 Å². The van der Waals surface area contributed by atoms with Gasteiger partial charge in [-0.1, -0.05) is 19.1 Å². The predicted molar refractivity (Wildman–Crippen MR) is 49.5 cm³/mol. The molecule has 72 valence electrons. The maximum Gasteiger partial charge on any atom is 0.106 e. The molecule has 0 saturated carbocycles. The summed E-state index contributed by atoms with van der Waals surface area (Å²) in [6, 6.07) is 0. The molecule has 0 fully saturated rings. The molecule has 0 aliphatic carbocycles. The monoisotopic (exact) mass is 173 g/mol. The summed E-state index contributed by atoms with van der Waals surface area (Å²) in [5.41, 5.74) is 1.01. The van der Waals surface area contributed by atoms with E-state index in [9.17, 15) is 10.2 Å². The van der Waals surface area contributed by atoms with Gasteiger partial charge < -0.3 is 10.2 Å². The number of hydrogen-bond donors (Lipinski definition) is 2. The van der Waals surface area contributed by atoms with Crippen LogP contribution in [0.5, 0.6) is 0 Å². The van der Waals surface area contributed by atoms with Gasteiger partial charge in [0.15, 0.2) is 0 Å². The third kappa shape index (κ3) is 3.85. The summed E-state index contributed by atoms with van der Waals surface area (Å²) in [5.74, 6) is 0. The topological polar surface area (TPSA) is 43.7 Å². The second kappa shape index (κ2) is 5.30. The average molecular weight is 173 g/mol. The highest BCUT2D eigenvalue weighted by molar-refractivity contribution is 4.96. The number of hydrogen-bond acceptors (Lipinski definition) is 3. The Bertz CT molecular complexity index is 135. The molecule has 0 aliphatic rings. The van der Waals surface area contributed by atoms with Crippen molar-refractivity contribution in [1.29, 1.82) is 0 Å². The van der Waals surface area contributed by atoms with Crippen LogP contribution in [0.15, 0.2) is 12.2 Å². The van der Waals surface area contributed by atoms with Crippen molar-refractivity contribution >= 4 is 0 Å². The minimum atomic E-state index is -0.631. The molecule has 0 amide bonds. The molecule has 0 rings (SSSR count). The normalized spacial score (nSPS) is 16.2. The highest BCUT2D eigenvalue weighted by atomic mass is 16.3. The van der Waals surface area contributed by atoms with E-state index in [0.29, 0.717) is 6.54 Å². The Morgan fingerprint density at radius 3 is 2.00 bits per heavy atom. The molecule has 0 heterocycles. The quantitative estimate of drug-likeness (QED) is 0.480. The number of aliphatic hydroxyl groups excluding tert-OH is 2. The van der Waals surface area contributed by atoms with E-state index in [0.717, 1.165) is 12.0 Å². The van der Waals surface area contributed by atoms with Gasteiger partial charge in [-0.05, 0) is 20.3 Å². The zero-order chi connectivity index (χ0) is 9.72. The Morgan fingerprint density at radius 2 is 1.75 bits per heavy atom. The van der Waals surface area contributed by atoms with Crippen LogP contribution in [-0.4, -0.2) is 34.1 Å². The summed E-state index contributed by atoms with van der Waals surface area (Å²) in [5, 5.41) is 18.5. The average Bonchev–Trinajstić information content (AvgIpc) is 1.98. The van der Waals surface area contributed by atoms with Gasteiger partial charge in [0.05, 0.1) is 0 Å². The molecule has 0 aromatic rings. The van der Waals surface area contributed by atoms with Gasteiger partial charge in [0, 0.05) is 6.54 Å². The van der Waals surface area contributed by atoms with E-state index in [4.69, 9.17) is 0 Å². The van der Waals surface area contributed by atoms with Crippen molar-refractivity contribution in [2.75, 3.05) is 6.54 Å². The van der Waals surface area contributed by atoms with Crippen LogP contribution in [0.2, 0.25) is 0 Å². The van der Waals surface area contributed by atoms with Crippen LogP contribution in [0.3, 0.4) is 0 Å². The Morgan fingerprint density at radius 1 is 1.33 bits per heavy atom. The number of nitrogens with zero attached hydrogens (tertiary/aromatic N) is 1. The molecule has 0 aromatic heterocycles.